The lowest BCUT2D eigenvalue weighted by Gasteiger charge is -2.17. The van der Waals surface area contributed by atoms with E-state index in [9.17, 15) is 4.79 Å². The lowest BCUT2D eigenvalue weighted by molar-refractivity contribution is -0.130. The van der Waals surface area contributed by atoms with E-state index in [0.717, 1.165) is 11.1 Å². The van der Waals surface area contributed by atoms with Crippen LogP contribution in [0.1, 0.15) is 38.0 Å². The molecule has 0 heterocycles. The Bertz CT molecular complexity index is 599. The fourth-order valence-corrected chi connectivity index (χ4v) is 1.92. The van der Waals surface area contributed by atoms with Crippen LogP contribution in [-0.4, -0.2) is 38.1 Å². The molecule has 0 aliphatic rings. The van der Waals surface area contributed by atoms with E-state index in [2.05, 4.69) is 15.6 Å². The number of methoxy groups -OCH3 is 1. The number of nitrogens with one attached hydrogen (secondary N) is 1. The van der Waals surface area contributed by atoms with Crippen LogP contribution in [0.25, 0.3) is 0 Å². The largest absolute Gasteiger partial charge is 0.396 e. The van der Waals surface area contributed by atoms with E-state index in [0.29, 0.717) is 18.0 Å². The van der Waals surface area contributed by atoms with Gasteiger partial charge >= 0.3 is 0 Å². The summed E-state index contributed by atoms with van der Waals surface area (Å²) in [5.74, 6) is -0.218. The number of nitrogens with zero attached hydrogens (tertiary/aromatic N) is 2. The van der Waals surface area contributed by atoms with Crippen LogP contribution in [0.2, 0.25) is 0 Å². The summed E-state index contributed by atoms with van der Waals surface area (Å²) in [6.45, 7) is 6.14. The van der Waals surface area contributed by atoms with Crippen molar-refractivity contribution in [3.63, 3.8) is 0 Å². The van der Waals surface area contributed by atoms with Crippen molar-refractivity contribution in [2.45, 2.75) is 33.5 Å². The molecule has 0 fully saturated rings. The fraction of sp³-hybridized carbons (Fsp3) is 0.471. The molecular weight excluding hydrogens is 310 g/mol. The highest BCUT2D eigenvalue weighted by atomic mass is 16.6. The van der Waals surface area contributed by atoms with Crippen molar-refractivity contribution in [1.29, 1.82) is 0 Å². The van der Waals surface area contributed by atoms with Gasteiger partial charge in [0, 0.05) is 14.2 Å². The Morgan fingerprint density at radius 2 is 1.79 bits per heavy atom. The van der Waals surface area contributed by atoms with Crippen LogP contribution in [0, 0.1) is 0 Å². The molecule has 1 rings (SSSR count). The maximum Gasteiger partial charge on any atom is 0.253 e. The van der Waals surface area contributed by atoms with Crippen molar-refractivity contribution in [3.8, 4) is 0 Å². The van der Waals surface area contributed by atoms with E-state index >= 15 is 0 Å². The van der Waals surface area contributed by atoms with Gasteiger partial charge in [-0.15, -0.1) is 0 Å². The Hall–Kier alpha value is -2.41. The standard InChI is InChI=1S/C17H25N3O4/c1-6-23-19-12(2)13(3)20-24-11-14-9-7-8-10-15(14)16(22-5)17(21)18-4/h7-10,16H,6,11H2,1-5H3,(H,18,21). The molecule has 132 valence electrons. The number of carbonyl (C=O) groups excluding carboxylic acids is 1. The molecule has 0 saturated carbocycles. The van der Waals surface area contributed by atoms with Gasteiger partial charge in [-0.3, -0.25) is 4.79 Å². The summed E-state index contributed by atoms with van der Waals surface area (Å²) in [6, 6.07) is 7.43. The van der Waals surface area contributed by atoms with Crippen LogP contribution < -0.4 is 5.32 Å². The minimum atomic E-state index is -0.693. The molecular formula is C17H25N3O4. The monoisotopic (exact) mass is 335 g/mol. The summed E-state index contributed by atoms with van der Waals surface area (Å²) in [6.07, 6.45) is -0.693. The molecule has 0 bridgehead atoms. The number of rotatable bonds is 9. The minimum absolute atomic E-state index is 0.215. The SMILES string of the molecule is CCON=C(C)C(C)=NOCc1ccccc1C(OC)C(=O)NC. The Balaban J connectivity index is 2.84. The number of hydrogen-bond acceptors (Lipinski definition) is 6. The van der Waals surface area contributed by atoms with Gasteiger partial charge in [-0.25, -0.2) is 0 Å². The molecule has 1 atom stereocenters. The van der Waals surface area contributed by atoms with E-state index in [1.165, 1.54) is 7.11 Å². The normalized spacial score (nSPS) is 13.4. The van der Waals surface area contributed by atoms with Gasteiger partial charge in [-0.2, -0.15) is 0 Å². The van der Waals surface area contributed by atoms with Crippen LogP contribution in [0.15, 0.2) is 34.6 Å². The van der Waals surface area contributed by atoms with Crippen LogP contribution in [-0.2, 0) is 25.8 Å². The first kappa shape index (κ1) is 19.6. The molecule has 0 saturated heterocycles. The maximum atomic E-state index is 11.9. The third-order valence-corrected chi connectivity index (χ3v) is 3.33. The van der Waals surface area contributed by atoms with Gasteiger partial charge < -0.3 is 19.7 Å². The fourth-order valence-electron chi connectivity index (χ4n) is 1.92. The highest BCUT2D eigenvalue weighted by Gasteiger charge is 2.21. The summed E-state index contributed by atoms with van der Waals surface area (Å²) < 4.78 is 5.30. The molecule has 0 aromatic heterocycles. The Labute approximate surface area is 142 Å². The topological polar surface area (TPSA) is 81.5 Å². The smallest absolute Gasteiger partial charge is 0.253 e. The van der Waals surface area contributed by atoms with Crippen molar-refractivity contribution < 1.29 is 19.2 Å². The third-order valence-electron chi connectivity index (χ3n) is 3.33. The number of carbonyl (C=O) groups is 1. The van der Waals surface area contributed by atoms with Gasteiger partial charge in [-0.05, 0) is 31.9 Å². The van der Waals surface area contributed by atoms with Crippen LogP contribution >= 0.6 is 0 Å². The van der Waals surface area contributed by atoms with Crippen molar-refractivity contribution >= 4 is 17.3 Å². The molecule has 0 aliphatic carbocycles. The summed E-state index contributed by atoms with van der Waals surface area (Å²) in [4.78, 5) is 22.3. The molecule has 24 heavy (non-hydrogen) atoms. The predicted molar refractivity (Wildman–Crippen MR) is 92.9 cm³/mol. The molecule has 1 aromatic rings. The highest BCUT2D eigenvalue weighted by molar-refractivity contribution is 6.40. The van der Waals surface area contributed by atoms with Crippen LogP contribution in [0.3, 0.4) is 0 Å². The van der Waals surface area contributed by atoms with Crippen molar-refractivity contribution in [3.05, 3.63) is 35.4 Å². The second-order valence-electron chi connectivity index (χ2n) is 4.97. The van der Waals surface area contributed by atoms with Gasteiger partial charge in [0.15, 0.2) is 6.10 Å². The van der Waals surface area contributed by atoms with Crippen molar-refractivity contribution in [2.75, 3.05) is 20.8 Å². The minimum Gasteiger partial charge on any atom is -0.396 e. The molecule has 1 amide bonds. The van der Waals surface area contributed by atoms with Gasteiger partial charge in [0.2, 0.25) is 0 Å². The van der Waals surface area contributed by atoms with Crippen molar-refractivity contribution in [1.82, 2.24) is 5.32 Å². The van der Waals surface area contributed by atoms with Gasteiger partial charge in [-0.1, -0.05) is 34.6 Å². The molecule has 1 aromatic carbocycles. The summed E-state index contributed by atoms with van der Waals surface area (Å²) in [7, 11) is 3.06. The first-order valence-corrected chi connectivity index (χ1v) is 7.70. The third kappa shape index (κ3) is 5.66. The second kappa shape index (κ2) is 10.4. The zero-order valence-electron chi connectivity index (χ0n) is 14.8. The average molecular weight is 335 g/mol. The maximum absolute atomic E-state index is 11.9. The van der Waals surface area contributed by atoms with Gasteiger partial charge in [0.05, 0.1) is 0 Å². The molecule has 1 unspecified atom stereocenters. The van der Waals surface area contributed by atoms with E-state index in [4.69, 9.17) is 14.4 Å². The lowest BCUT2D eigenvalue weighted by Crippen LogP contribution is -2.27. The molecule has 0 aliphatic heterocycles. The van der Waals surface area contributed by atoms with E-state index in [-0.39, 0.29) is 12.5 Å². The number of ether oxygens (including phenoxy) is 1. The molecule has 7 heteroatoms. The van der Waals surface area contributed by atoms with E-state index in [1.807, 2.05) is 31.2 Å². The lowest BCUT2D eigenvalue weighted by atomic mass is 10.0. The Morgan fingerprint density at radius 3 is 2.38 bits per heavy atom. The molecule has 1 N–H and O–H groups in total. The number of hydrogen-bond donors (Lipinski definition) is 1. The Morgan fingerprint density at radius 1 is 1.17 bits per heavy atom. The zero-order valence-corrected chi connectivity index (χ0v) is 14.8. The molecule has 0 spiro atoms. The first-order chi connectivity index (χ1) is 11.5. The van der Waals surface area contributed by atoms with Crippen molar-refractivity contribution in [2.24, 2.45) is 10.3 Å². The summed E-state index contributed by atoms with van der Waals surface area (Å²) in [5, 5.41) is 10.5. The number of oxime groups is 2. The van der Waals surface area contributed by atoms with Crippen LogP contribution in [0.5, 0.6) is 0 Å². The first-order valence-electron chi connectivity index (χ1n) is 7.70. The van der Waals surface area contributed by atoms with Gasteiger partial charge in [0.1, 0.15) is 24.6 Å². The number of benzene rings is 1. The predicted octanol–water partition coefficient (Wildman–Crippen LogP) is 2.43. The molecule has 0 radical (unpaired) electrons. The second-order valence-corrected chi connectivity index (χ2v) is 4.97. The highest BCUT2D eigenvalue weighted by Crippen LogP contribution is 2.22. The quantitative estimate of drug-likeness (QED) is 0.555. The molecule has 7 nitrogen and oxygen atoms in total. The Kier molecular flexibility index (Phi) is 8.49. The van der Waals surface area contributed by atoms with Crippen LogP contribution in [0.4, 0.5) is 0 Å². The number of amides is 1. The average Bonchev–Trinajstić information content (AvgIpc) is 2.61. The van der Waals surface area contributed by atoms with Gasteiger partial charge in [0.25, 0.3) is 5.91 Å². The number of likely N-dealkylation sites (N-methyl/N-ethyl adjacent to an activating group) is 1. The zero-order chi connectivity index (χ0) is 17.9. The van der Waals surface area contributed by atoms with E-state index in [1.54, 1.807) is 20.9 Å². The van der Waals surface area contributed by atoms with E-state index < -0.39 is 6.10 Å². The summed E-state index contributed by atoms with van der Waals surface area (Å²) in [5.41, 5.74) is 2.83. The summed E-state index contributed by atoms with van der Waals surface area (Å²) >= 11 is 0.